The summed E-state index contributed by atoms with van der Waals surface area (Å²) in [5, 5.41) is 13.6. The van der Waals surface area contributed by atoms with E-state index in [1.165, 1.54) is 0 Å². The first-order valence-electron chi connectivity index (χ1n) is 6.78. The number of hydrogen-bond acceptors (Lipinski definition) is 5. The second-order valence-electron chi connectivity index (χ2n) is 5.08. The maximum absolute atomic E-state index is 9.46. The van der Waals surface area contributed by atoms with Crippen LogP contribution in [0.5, 0.6) is 0 Å². The van der Waals surface area contributed by atoms with Crippen molar-refractivity contribution < 1.29 is 4.42 Å². The van der Waals surface area contributed by atoms with Crippen molar-refractivity contribution in [2.24, 2.45) is 7.05 Å². The lowest BCUT2D eigenvalue weighted by atomic mass is 9.98. The van der Waals surface area contributed by atoms with Crippen LogP contribution in [0, 0.1) is 25.2 Å². The molecule has 2 N–H and O–H groups in total. The summed E-state index contributed by atoms with van der Waals surface area (Å²) in [6, 6.07) is 7.71. The lowest BCUT2D eigenvalue weighted by Crippen LogP contribution is -2.05. The van der Waals surface area contributed by atoms with Crippen LogP contribution in [0.15, 0.2) is 28.8 Å². The molecule has 3 heterocycles. The summed E-state index contributed by atoms with van der Waals surface area (Å²) in [5.74, 6) is 1.61. The van der Waals surface area contributed by atoms with Gasteiger partial charge < -0.3 is 10.2 Å². The molecule has 110 valence electrons. The van der Waals surface area contributed by atoms with Gasteiger partial charge in [-0.15, -0.1) is 0 Å². The van der Waals surface area contributed by atoms with Gasteiger partial charge in [-0.25, -0.2) is 4.98 Å². The summed E-state index contributed by atoms with van der Waals surface area (Å²) in [6.45, 7) is 3.77. The molecule has 3 aromatic heterocycles. The average molecular weight is 293 g/mol. The first kappa shape index (κ1) is 13.9. The van der Waals surface area contributed by atoms with Crippen LogP contribution >= 0.6 is 0 Å². The van der Waals surface area contributed by atoms with E-state index in [1.807, 2.05) is 39.1 Å². The number of furan rings is 1. The fourth-order valence-corrected chi connectivity index (χ4v) is 2.55. The van der Waals surface area contributed by atoms with E-state index in [-0.39, 0.29) is 5.82 Å². The highest BCUT2D eigenvalue weighted by Crippen LogP contribution is 2.35. The van der Waals surface area contributed by atoms with Crippen molar-refractivity contribution in [3.05, 3.63) is 41.3 Å². The van der Waals surface area contributed by atoms with Crippen LogP contribution in [0.25, 0.3) is 22.7 Å². The number of nitrogens with zero attached hydrogens (tertiary/aromatic N) is 4. The number of hydrogen-bond donors (Lipinski definition) is 1. The van der Waals surface area contributed by atoms with Crippen LogP contribution in [0.4, 0.5) is 5.82 Å². The van der Waals surface area contributed by atoms with Crippen molar-refractivity contribution in [2.45, 2.75) is 13.8 Å². The topological polar surface area (TPSA) is 93.7 Å². The van der Waals surface area contributed by atoms with Crippen molar-refractivity contribution in [2.75, 3.05) is 5.73 Å². The third-order valence-electron chi connectivity index (χ3n) is 3.63. The molecule has 0 bridgehead atoms. The summed E-state index contributed by atoms with van der Waals surface area (Å²) >= 11 is 0. The number of nitrogen functional groups attached to an aromatic ring is 1. The zero-order chi connectivity index (χ0) is 15.9. The zero-order valence-electron chi connectivity index (χ0n) is 12.6. The first-order chi connectivity index (χ1) is 10.5. The zero-order valence-corrected chi connectivity index (χ0v) is 12.6. The average Bonchev–Trinajstić information content (AvgIpc) is 3.09. The van der Waals surface area contributed by atoms with E-state index in [0.717, 1.165) is 22.6 Å². The van der Waals surface area contributed by atoms with E-state index in [1.54, 1.807) is 10.9 Å². The smallest absolute Gasteiger partial charge is 0.153 e. The predicted octanol–water partition coefficient (Wildman–Crippen LogP) is 2.81. The number of rotatable bonds is 2. The van der Waals surface area contributed by atoms with Gasteiger partial charge in [0.2, 0.25) is 0 Å². The third-order valence-corrected chi connectivity index (χ3v) is 3.63. The molecule has 0 saturated heterocycles. The Morgan fingerprint density at radius 3 is 2.59 bits per heavy atom. The highest BCUT2D eigenvalue weighted by molar-refractivity contribution is 5.81. The molecule has 6 heteroatoms. The molecule has 6 nitrogen and oxygen atoms in total. The van der Waals surface area contributed by atoms with Crippen LogP contribution in [0.1, 0.15) is 16.9 Å². The fraction of sp³-hybridized carbons (Fsp3) is 0.188. The minimum atomic E-state index is 0.188. The molecular weight excluding hydrogens is 278 g/mol. The van der Waals surface area contributed by atoms with Gasteiger partial charge in [-0.1, -0.05) is 0 Å². The maximum Gasteiger partial charge on any atom is 0.153 e. The quantitative estimate of drug-likeness (QED) is 0.784. The second kappa shape index (κ2) is 5.04. The number of nitrogens with two attached hydrogens (primary N) is 1. The van der Waals surface area contributed by atoms with Crippen molar-refractivity contribution in [1.29, 1.82) is 5.26 Å². The molecule has 0 aliphatic heterocycles. The Kier molecular flexibility index (Phi) is 3.18. The number of nitriles is 1. The molecule has 0 fully saturated rings. The molecule has 0 saturated carbocycles. The summed E-state index contributed by atoms with van der Waals surface area (Å²) in [4.78, 5) is 4.36. The Balaban J connectivity index is 2.35. The summed E-state index contributed by atoms with van der Waals surface area (Å²) in [5.41, 5.74) is 9.38. The van der Waals surface area contributed by atoms with Crippen LogP contribution in [-0.4, -0.2) is 14.8 Å². The number of aryl methyl sites for hydroxylation is 2. The minimum absolute atomic E-state index is 0.188. The first-order valence-corrected chi connectivity index (χ1v) is 6.78. The minimum Gasteiger partial charge on any atom is -0.460 e. The van der Waals surface area contributed by atoms with E-state index in [0.29, 0.717) is 17.0 Å². The lowest BCUT2D eigenvalue weighted by molar-refractivity contribution is 0.546. The fourth-order valence-electron chi connectivity index (χ4n) is 2.55. The molecule has 0 atom stereocenters. The highest BCUT2D eigenvalue weighted by Gasteiger charge is 2.21. The molecule has 0 spiro atoms. The summed E-state index contributed by atoms with van der Waals surface area (Å²) in [7, 11) is 1.82. The standard InChI is InChI=1S/C16H15N5O/c1-9-4-5-13(22-9)15-10(2)14(11(8-17)16(18)20-15)12-6-7-19-21(12)3/h4-7H,1-3H3,(H2,18,20). The van der Waals surface area contributed by atoms with Crippen molar-refractivity contribution in [3.8, 4) is 28.8 Å². The van der Waals surface area contributed by atoms with Gasteiger partial charge in [0, 0.05) is 18.8 Å². The van der Waals surface area contributed by atoms with Crippen LogP contribution in [0.2, 0.25) is 0 Å². The molecule has 0 unspecified atom stereocenters. The third kappa shape index (κ3) is 2.04. The van der Waals surface area contributed by atoms with E-state index >= 15 is 0 Å². The lowest BCUT2D eigenvalue weighted by Gasteiger charge is -2.13. The van der Waals surface area contributed by atoms with Gasteiger partial charge in [-0.3, -0.25) is 4.68 Å². The Bertz CT molecular complexity index is 898. The molecule has 3 rings (SSSR count). The van der Waals surface area contributed by atoms with E-state index < -0.39 is 0 Å². The van der Waals surface area contributed by atoms with E-state index in [9.17, 15) is 5.26 Å². The summed E-state index contributed by atoms with van der Waals surface area (Å²) in [6.07, 6.45) is 1.68. The van der Waals surface area contributed by atoms with E-state index in [4.69, 9.17) is 10.2 Å². The molecule has 0 aromatic carbocycles. The maximum atomic E-state index is 9.46. The van der Waals surface area contributed by atoms with Gasteiger partial charge in [0.15, 0.2) is 5.76 Å². The number of pyridine rings is 1. The van der Waals surface area contributed by atoms with Crippen molar-refractivity contribution >= 4 is 5.82 Å². The Morgan fingerprint density at radius 1 is 1.27 bits per heavy atom. The Labute approximate surface area is 127 Å². The largest absolute Gasteiger partial charge is 0.460 e. The second-order valence-corrected chi connectivity index (χ2v) is 5.08. The van der Waals surface area contributed by atoms with Gasteiger partial charge in [-0.05, 0) is 37.6 Å². The van der Waals surface area contributed by atoms with Gasteiger partial charge in [-0.2, -0.15) is 10.4 Å². The van der Waals surface area contributed by atoms with Gasteiger partial charge in [0.1, 0.15) is 28.9 Å². The highest BCUT2D eigenvalue weighted by atomic mass is 16.3. The molecule has 0 radical (unpaired) electrons. The molecule has 0 aliphatic carbocycles. The van der Waals surface area contributed by atoms with Gasteiger partial charge in [0.05, 0.1) is 5.69 Å². The van der Waals surface area contributed by atoms with Crippen LogP contribution in [0.3, 0.4) is 0 Å². The number of anilines is 1. The van der Waals surface area contributed by atoms with Gasteiger partial charge >= 0.3 is 0 Å². The molecular formula is C16H15N5O. The SMILES string of the molecule is Cc1ccc(-c2nc(N)c(C#N)c(-c3ccnn3C)c2C)o1. The number of aromatic nitrogens is 3. The monoisotopic (exact) mass is 293 g/mol. The van der Waals surface area contributed by atoms with E-state index in [2.05, 4.69) is 16.2 Å². The normalized spacial score (nSPS) is 10.6. The van der Waals surface area contributed by atoms with Gasteiger partial charge in [0.25, 0.3) is 0 Å². The molecule has 0 aliphatic rings. The predicted molar refractivity (Wildman–Crippen MR) is 82.7 cm³/mol. The Hall–Kier alpha value is -3.07. The molecule has 22 heavy (non-hydrogen) atoms. The van der Waals surface area contributed by atoms with Crippen LogP contribution in [-0.2, 0) is 7.05 Å². The molecule has 3 aromatic rings. The van der Waals surface area contributed by atoms with Crippen molar-refractivity contribution in [3.63, 3.8) is 0 Å². The Morgan fingerprint density at radius 2 is 2.05 bits per heavy atom. The van der Waals surface area contributed by atoms with Crippen molar-refractivity contribution in [1.82, 2.24) is 14.8 Å². The summed E-state index contributed by atoms with van der Waals surface area (Å²) < 4.78 is 7.37. The van der Waals surface area contributed by atoms with Crippen LogP contribution < -0.4 is 5.73 Å². The molecule has 0 amide bonds.